The molecule has 0 aliphatic rings. The average molecular weight is 277 g/mol. The highest BCUT2D eigenvalue weighted by molar-refractivity contribution is 5.40. The molecule has 0 N–H and O–H groups in total. The summed E-state index contributed by atoms with van der Waals surface area (Å²) < 4.78 is 0. The lowest BCUT2D eigenvalue weighted by molar-refractivity contribution is 0.309. The van der Waals surface area contributed by atoms with Crippen LogP contribution in [0.15, 0.2) is 18.3 Å². The number of anilines is 1. The van der Waals surface area contributed by atoms with Crippen molar-refractivity contribution in [2.75, 3.05) is 37.6 Å². The first-order valence-corrected chi connectivity index (χ1v) is 8.11. The molecule has 1 aromatic rings. The highest BCUT2D eigenvalue weighted by Gasteiger charge is 2.09. The molecule has 0 bridgehead atoms. The first-order chi connectivity index (χ1) is 9.71. The second-order valence-corrected chi connectivity index (χ2v) is 5.41. The van der Waals surface area contributed by atoms with Gasteiger partial charge in [0.1, 0.15) is 5.82 Å². The van der Waals surface area contributed by atoms with Crippen LogP contribution in [0.1, 0.15) is 45.6 Å². The zero-order valence-corrected chi connectivity index (χ0v) is 13.7. The third kappa shape index (κ3) is 5.91. The van der Waals surface area contributed by atoms with Gasteiger partial charge in [0.15, 0.2) is 0 Å². The molecule has 0 spiro atoms. The lowest BCUT2D eigenvalue weighted by Gasteiger charge is -2.27. The van der Waals surface area contributed by atoms with Crippen LogP contribution < -0.4 is 4.90 Å². The minimum Gasteiger partial charge on any atom is -0.355 e. The monoisotopic (exact) mass is 277 g/mol. The molecule has 0 aromatic carbocycles. The molecule has 114 valence electrons. The van der Waals surface area contributed by atoms with Crippen LogP contribution in [0.25, 0.3) is 0 Å². The number of likely N-dealkylation sites (N-methyl/N-ethyl adjacent to an activating group) is 1. The summed E-state index contributed by atoms with van der Waals surface area (Å²) in [4.78, 5) is 9.48. The lowest BCUT2D eigenvalue weighted by Crippen LogP contribution is -2.36. The third-order valence-corrected chi connectivity index (χ3v) is 3.84. The van der Waals surface area contributed by atoms with Crippen molar-refractivity contribution in [3.8, 4) is 0 Å². The Bertz CT molecular complexity index is 361. The number of aryl methyl sites for hydroxylation is 1. The number of unbranched alkanes of at least 4 members (excludes halogenated alkanes) is 2. The predicted octanol–water partition coefficient (Wildman–Crippen LogP) is 3.73. The molecule has 3 heteroatoms. The summed E-state index contributed by atoms with van der Waals surface area (Å²) in [7, 11) is 0. The second kappa shape index (κ2) is 9.76. The molecular weight excluding hydrogens is 246 g/mol. The van der Waals surface area contributed by atoms with E-state index in [0.29, 0.717) is 0 Å². The molecular formula is C17H31N3. The van der Waals surface area contributed by atoms with Gasteiger partial charge in [-0.2, -0.15) is 0 Å². The number of hydrogen-bond acceptors (Lipinski definition) is 3. The highest BCUT2D eigenvalue weighted by Crippen LogP contribution is 2.13. The van der Waals surface area contributed by atoms with Crippen molar-refractivity contribution in [3.05, 3.63) is 23.9 Å². The van der Waals surface area contributed by atoms with Crippen LogP contribution in [0.5, 0.6) is 0 Å². The van der Waals surface area contributed by atoms with E-state index in [1.54, 1.807) is 0 Å². The molecule has 0 atom stereocenters. The summed E-state index contributed by atoms with van der Waals surface area (Å²) >= 11 is 0. The third-order valence-electron chi connectivity index (χ3n) is 3.84. The topological polar surface area (TPSA) is 19.4 Å². The summed E-state index contributed by atoms with van der Waals surface area (Å²) in [6.07, 6.45) is 5.75. The van der Waals surface area contributed by atoms with Crippen LogP contribution in [0, 0.1) is 6.92 Å². The van der Waals surface area contributed by atoms with Gasteiger partial charge in [0.25, 0.3) is 0 Å². The first kappa shape index (κ1) is 17.0. The van der Waals surface area contributed by atoms with Crippen LogP contribution in [0.3, 0.4) is 0 Å². The van der Waals surface area contributed by atoms with Crippen molar-refractivity contribution in [2.45, 2.75) is 47.0 Å². The normalized spacial score (nSPS) is 11.1. The number of nitrogens with zero attached hydrogens (tertiary/aromatic N) is 3. The summed E-state index contributed by atoms with van der Waals surface area (Å²) in [5, 5.41) is 0. The van der Waals surface area contributed by atoms with Crippen LogP contribution in [-0.2, 0) is 0 Å². The van der Waals surface area contributed by atoms with Gasteiger partial charge in [-0.25, -0.2) is 4.98 Å². The van der Waals surface area contributed by atoms with Gasteiger partial charge < -0.3 is 9.80 Å². The van der Waals surface area contributed by atoms with E-state index in [4.69, 9.17) is 0 Å². The summed E-state index contributed by atoms with van der Waals surface area (Å²) in [6, 6.07) is 4.27. The fraction of sp³-hybridized carbons (Fsp3) is 0.706. The summed E-state index contributed by atoms with van der Waals surface area (Å²) in [5.41, 5.74) is 1.29. The molecule has 20 heavy (non-hydrogen) atoms. The van der Waals surface area contributed by atoms with E-state index in [2.05, 4.69) is 54.6 Å². The van der Waals surface area contributed by atoms with Gasteiger partial charge >= 0.3 is 0 Å². The molecule has 1 aromatic heterocycles. The van der Waals surface area contributed by atoms with E-state index < -0.39 is 0 Å². The van der Waals surface area contributed by atoms with E-state index in [-0.39, 0.29) is 0 Å². The molecule has 0 fully saturated rings. The Hall–Kier alpha value is -1.09. The molecule has 1 rings (SSSR count). The molecule has 1 heterocycles. The van der Waals surface area contributed by atoms with E-state index >= 15 is 0 Å². The quantitative estimate of drug-likeness (QED) is 0.608. The van der Waals surface area contributed by atoms with Crippen molar-refractivity contribution in [1.29, 1.82) is 0 Å². The summed E-state index contributed by atoms with van der Waals surface area (Å²) in [6.45, 7) is 14.4. The summed E-state index contributed by atoms with van der Waals surface area (Å²) in [5.74, 6) is 1.13. The molecule has 0 aliphatic carbocycles. The zero-order valence-electron chi connectivity index (χ0n) is 13.7. The maximum Gasteiger partial charge on any atom is 0.128 e. The number of pyridine rings is 1. The van der Waals surface area contributed by atoms with Crippen molar-refractivity contribution in [1.82, 2.24) is 9.88 Å². The van der Waals surface area contributed by atoms with Crippen molar-refractivity contribution in [3.63, 3.8) is 0 Å². The Morgan fingerprint density at radius 1 is 1.00 bits per heavy atom. The van der Waals surface area contributed by atoms with E-state index in [1.807, 2.05) is 6.20 Å². The van der Waals surface area contributed by atoms with Crippen molar-refractivity contribution in [2.24, 2.45) is 0 Å². The molecule has 0 amide bonds. The number of hydrogen-bond donors (Lipinski definition) is 0. The van der Waals surface area contributed by atoms with E-state index in [0.717, 1.165) is 38.5 Å². The maximum atomic E-state index is 4.56. The van der Waals surface area contributed by atoms with Gasteiger partial charge in [-0.3, -0.25) is 0 Å². The minimum absolute atomic E-state index is 1.07. The first-order valence-electron chi connectivity index (χ1n) is 8.11. The van der Waals surface area contributed by atoms with Crippen molar-refractivity contribution >= 4 is 5.82 Å². The van der Waals surface area contributed by atoms with Gasteiger partial charge in [-0.05, 0) is 44.1 Å². The second-order valence-electron chi connectivity index (χ2n) is 5.41. The molecule has 0 aliphatic heterocycles. The molecule has 0 unspecified atom stereocenters. The fourth-order valence-corrected chi connectivity index (χ4v) is 2.39. The van der Waals surface area contributed by atoms with Gasteiger partial charge in [-0.15, -0.1) is 0 Å². The smallest absolute Gasteiger partial charge is 0.128 e. The number of rotatable bonds is 10. The molecule has 3 nitrogen and oxygen atoms in total. The van der Waals surface area contributed by atoms with Crippen LogP contribution in [-0.4, -0.2) is 42.6 Å². The van der Waals surface area contributed by atoms with Gasteiger partial charge in [-0.1, -0.05) is 33.6 Å². The Kier molecular flexibility index (Phi) is 8.28. The fourth-order valence-electron chi connectivity index (χ4n) is 2.39. The van der Waals surface area contributed by atoms with Crippen molar-refractivity contribution < 1.29 is 0 Å². The van der Waals surface area contributed by atoms with Crippen LogP contribution >= 0.6 is 0 Å². The standard InChI is InChI=1S/C17H31N3/c1-5-8-9-12-20(14-13-19(6-2)7-3)17-15-16(4)10-11-18-17/h10-11,15H,5-9,12-14H2,1-4H3. The molecule has 0 saturated carbocycles. The Morgan fingerprint density at radius 2 is 1.75 bits per heavy atom. The Labute approximate surface area is 125 Å². The Morgan fingerprint density at radius 3 is 2.35 bits per heavy atom. The lowest BCUT2D eigenvalue weighted by atomic mass is 10.2. The van der Waals surface area contributed by atoms with Crippen LogP contribution in [0.4, 0.5) is 5.82 Å². The average Bonchev–Trinajstić information content (AvgIpc) is 2.46. The van der Waals surface area contributed by atoms with Gasteiger partial charge in [0.05, 0.1) is 0 Å². The van der Waals surface area contributed by atoms with Gasteiger partial charge in [0, 0.05) is 25.8 Å². The van der Waals surface area contributed by atoms with E-state index in [1.165, 1.54) is 24.8 Å². The van der Waals surface area contributed by atoms with Gasteiger partial charge in [0.2, 0.25) is 0 Å². The Balaban J connectivity index is 2.64. The minimum atomic E-state index is 1.07. The SMILES string of the molecule is CCCCCN(CCN(CC)CC)c1cc(C)ccn1. The van der Waals surface area contributed by atoms with E-state index in [9.17, 15) is 0 Å². The maximum absolute atomic E-state index is 4.56. The molecule has 0 saturated heterocycles. The largest absolute Gasteiger partial charge is 0.355 e. The molecule has 0 radical (unpaired) electrons. The zero-order chi connectivity index (χ0) is 14.8. The van der Waals surface area contributed by atoms with Crippen LogP contribution in [0.2, 0.25) is 0 Å². The number of aromatic nitrogens is 1. The predicted molar refractivity (Wildman–Crippen MR) is 88.5 cm³/mol. The highest BCUT2D eigenvalue weighted by atomic mass is 15.2.